The zero-order chi connectivity index (χ0) is 15.9. The summed E-state index contributed by atoms with van der Waals surface area (Å²) in [5.74, 6) is 0.813. The maximum absolute atomic E-state index is 5.52. The molecule has 3 heterocycles. The lowest BCUT2D eigenvalue weighted by Gasteiger charge is -2.14. The Hall–Kier alpha value is -3.07. The van der Waals surface area contributed by atoms with Crippen LogP contribution in [0.1, 0.15) is 17.2 Å². The van der Waals surface area contributed by atoms with Gasteiger partial charge in [-0.05, 0) is 35.7 Å². The Morgan fingerprint density at radius 2 is 1.75 bits per heavy atom. The van der Waals surface area contributed by atoms with Crippen LogP contribution in [0.4, 0.5) is 0 Å². The van der Waals surface area contributed by atoms with Gasteiger partial charge in [-0.3, -0.25) is 4.68 Å². The number of benzene rings is 2. The largest absolute Gasteiger partial charge is 0.463 e. The quantitative estimate of drug-likeness (QED) is 0.535. The summed E-state index contributed by atoms with van der Waals surface area (Å²) in [5, 5.41) is 4.85. The number of nitrogens with zero attached hydrogens (tertiary/aromatic N) is 2. The van der Waals surface area contributed by atoms with E-state index in [4.69, 9.17) is 9.52 Å². The van der Waals surface area contributed by atoms with Crippen LogP contribution in [0.15, 0.2) is 83.5 Å². The molecule has 1 aliphatic heterocycles. The molecule has 0 fully saturated rings. The summed E-state index contributed by atoms with van der Waals surface area (Å²) in [7, 11) is 0. The Morgan fingerprint density at radius 1 is 0.917 bits per heavy atom. The second-order valence-electron chi connectivity index (χ2n) is 6.13. The number of fused-ring (bicyclic) bond motifs is 3. The first kappa shape index (κ1) is 13.4. The second-order valence-corrected chi connectivity index (χ2v) is 6.13. The standard InChI is InChI=1S/C21H16N2O/c1-2-7-15(8-3-1)13-19-16-9-4-5-10-17(16)20-14-18(22-23(19)20)21-11-6-12-24-21/h1-12,14,19H,13H2. The number of furan rings is 1. The van der Waals surface area contributed by atoms with Crippen molar-refractivity contribution >= 4 is 0 Å². The lowest BCUT2D eigenvalue weighted by atomic mass is 9.97. The third-order valence-corrected chi connectivity index (χ3v) is 4.67. The summed E-state index contributed by atoms with van der Waals surface area (Å²) >= 11 is 0. The van der Waals surface area contributed by atoms with Crippen LogP contribution in [0.3, 0.4) is 0 Å². The molecule has 0 radical (unpaired) electrons. The van der Waals surface area contributed by atoms with E-state index in [1.807, 2.05) is 12.1 Å². The Balaban J connectivity index is 1.63. The van der Waals surface area contributed by atoms with E-state index in [0.29, 0.717) is 0 Å². The van der Waals surface area contributed by atoms with Crippen LogP contribution in [-0.4, -0.2) is 9.78 Å². The molecule has 0 spiro atoms. The van der Waals surface area contributed by atoms with Crippen molar-refractivity contribution in [3.8, 4) is 22.7 Å². The molecule has 24 heavy (non-hydrogen) atoms. The Kier molecular flexibility index (Phi) is 2.92. The van der Waals surface area contributed by atoms with Gasteiger partial charge in [0.25, 0.3) is 0 Å². The van der Waals surface area contributed by atoms with Gasteiger partial charge in [-0.15, -0.1) is 0 Å². The van der Waals surface area contributed by atoms with Gasteiger partial charge >= 0.3 is 0 Å². The number of rotatable bonds is 3. The minimum Gasteiger partial charge on any atom is -0.463 e. The van der Waals surface area contributed by atoms with Gasteiger partial charge in [-0.25, -0.2) is 0 Å². The first-order chi connectivity index (χ1) is 11.9. The molecule has 0 aliphatic carbocycles. The van der Waals surface area contributed by atoms with Crippen molar-refractivity contribution in [3.05, 3.63) is 90.2 Å². The topological polar surface area (TPSA) is 31.0 Å². The average molecular weight is 312 g/mol. The van der Waals surface area contributed by atoms with Crippen LogP contribution < -0.4 is 0 Å². The molecule has 0 saturated heterocycles. The molecule has 116 valence electrons. The van der Waals surface area contributed by atoms with Crippen molar-refractivity contribution in [1.29, 1.82) is 0 Å². The van der Waals surface area contributed by atoms with E-state index >= 15 is 0 Å². The molecule has 0 saturated carbocycles. The third-order valence-electron chi connectivity index (χ3n) is 4.67. The van der Waals surface area contributed by atoms with Crippen LogP contribution in [0.2, 0.25) is 0 Å². The lowest BCUT2D eigenvalue weighted by molar-refractivity contribution is 0.539. The fourth-order valence-electron chi connectivity index (χ4n) is 3.56. The van der Waals surface area contributed by atoms with Crippen molar-refractivity contribution in [2.75, 3.05) is 0 Å². The van der Waals surface area contributed by atoms with Gasteiger partial charge in [0, 0.05) is 5.56 Å². The van der Waals surface area contributed by atoms with Crippen molar-refractivity contribution in [1.82, 2.24) is 9.78 Å². The van der Waals surface area contributed by atoms with E-state index in [1.165, 1.54) is 16.7 Å². The van der Waals surface area contributed by atoms with Crippen LogP contribution in [0, 0.1) is 0 Å². The van der Waals surface area contributed by atoms with Crippen molar-refractivity contribution in [2.24, 2.45) is 0 Å². The molecule has 3 nitrogen and oxygen atoms in total. The summed E-state index contributed by atoms with van der Waals surface area (Å²) in [6, 6.07) is 25.4. The Morgan fingerprint density at radius 3 is 2.58 bits per heavy atom. The minimum absolute atomic E-state index is 0.224. The summed E-state index contributed by atoms with van der Waals surface area (Å²) < 4.78 is 7.67. The van der Waals surface area contributed by atoms with Gasteiger partial charge in [0.05, 0.1) is 18.0 Å². The summed E-state index contributed by atoms with van der Waals surface area (Å²) in [4.78, 5) is 0. The third kappa shape index (κ3) is 2.02. The molecular formula is C21H16N2O. The maximum atomic E-state index is 5.52. The van der Waals surface area contributed by atoms with Gasteiger partial charge in [0.1, 0.15) is 5.69 Å². The highest BCUT2D eigenvalue weighted by Gasteiger charge is 2.30. The summed E-state index contributed by atoms with van der Waals surface area (Å²) in [6.07, 6.45) is 2.62. The lowest BCUT2D eigenvalue weighted by Crippen LogP contribution is -2.10. The van der Waals surface area contributed by atoms with Crippen molar-refractivity contribution in [2.45, 2.75) is 12.5 Å². The number of hydrogen-bond donors (Lipinski definition) is 0. The molecule has 1 aliphatic rings. The van der Waals surface area contributed by atoms with E-state index in [9.17, 15) is 0 Å². The van der Waals surface area contributed by atoms with Gasteiger partial charge in [0.2, 0.25) is 0 Å². The van der Waals surface area contributed by atoms with E-state index in [-0.39, 0.29) is 6.04 Å². The molecule has 4 aromatic rings. The van der Waals surface area contributed by atoms with Gasteiger partial charge in [-0.1, -0.05) is 54.6 Å². The fraction of sp³-hybridized carbons (Fsp3) is 0.0952. The molecular weight excluding hydrogens is 296 g/mol. The summed E-state index contributed by atoms with van der Waals surface area (Å²) in [5.41, 5.74) is 5.99. The van der Waals surface area contributed by atoms with Crippen molar-refractivity contribution < 1.29 is 4.42 Å². The predicted molar refractivity (Wildman–Crippen MR) is 93.7 cm³/mol. The molecule has 0 amide bonds. The maximum Gasteiger partial charge on any atom is 0.154 e. The van der Waals surface area contributed by atoms with Crippen LogP contribution in [0.25, 0.3) is 22.7 Å². The second kappa shape index (κ2) is 5.24. The summed E-state index contributed by atoms with van der Waals surface area (Å²) in [6.45, 7) is 0. The first-order valence-electron chi connectivity index (χ1n) is 8.17. The number of hydrogen-bond acceptors (Lipinski definition) is 2. The zero-order valence-corrected chi connectivity index (χ0v) is 13.1. The highest BCUT2D eigenvalue weighted by molar-refractivity contribution is 5.73. The highest BCUT2D eigenvalue weighted by Crippen LogP contribution is 2.42. The monoisotopic (exact) mass is 312 g/mol. The van der Waals surface area contributed by atoms with E-state index in [0.717, 1.165) is 23.6 Å². The van der Waals surface area contributed by atoms with Gasteiger partial charge in [-0.2, -0.15) is 5.10 Å². The Bertz CT molecular complexity index is 984. The Labute approximate surface area is 140 Å². The molecule has 0 N–H and O–H groups in total. The van der Waals surface area contributed by atoms with E-state index in [1.54, 1.807) is 6.26 Å². The van der Waals surface area contributed by atoms with Crippen LogP contribution in [-0.2, 0) is 6.42 Å². The van der Waals surface area contributed by atoms with Gasteiger partial charge in [0.15, 0.2) is 5.76 Å². The fourth-order valence-corrected chi connectivity index (χ4v) is 3.56. The predicted octanol–water partition coefficient (Wildman–Crippen LogP) is 4.96. The van der Waals surface area contributed by atoms with Gasteiger partial charge < -0.3 is 4.42 Å². The van der Waals surface area contributed by atoms with Crippen LogP contribution >= 0.6 is 0 Å². The van der Waals surface area contributed by atoms with E-state index in [2.05, 4.69) is 65.3 Å². The molecule has 1 unspecified atom stereocenters. The minimum atomic E-state index is 0.224. The average Bonchev–Trinajstić information content (AvgIpc) is 3.33. The van der Waals surface area contributed by atoms with Crippen molar-refractivity contribution in [3.63, 3.8) is 0 Å². The molecule has 1 atom stereocenters. The highest BCUT2D eigenvalue weighted by atomic mass is 16.3. The van der Waals surface area contributed by atoms with Crippen LogP contribution in [0.5, 0.6) is 0 Å². The van der Waals surface area contributed by atoms with E-state index < -0.39 is 0 Å². The first-order valence-corrected chi connectivity index (χ1v) is 8.17. The SMILES string of the molecule is c1ccc(CC2c3ccccc3-c3cc(-c4ccco4)nn32)cc1. The molecule has 0 bridgehead atoms. The molecule has 2 aromatic carbocycles. The molecule has 5 rings (SSSR count). The normalized spacial score (nSPS) is 15.2. The molecule has 2 aromatic heterocycles. The zero-order valence-electron chi connectivity index (χ0n) is 13.1. The number of aromatic nitrogens is 2. The smallest absolute Gasteiger partial charge is 0.154 e. The molecule has 3 heteroatoms.